The minimum absolute atomic E-state index is 0.0640. The Morgan fingerprint density at radius 3 is 2.26 bits per heavy atom. The van der Waals surface area contributed by atoms with E-state index in [9.17, 15) is 9.59 Å². The lowest BCUT2D eigenvalue weighted by Crippen LogP contribution is -2.50. The molecule has 3 rings (SSSR count). The van der Waals surface area contributed by atoms with Crippen LogP contribution >= 0.6 is 0 Å². The van der Waals surface area contributed by atoms with Gasteiger partial charge in [0.2, 0.25) is 5.91 Å². The number of nitrogens with one attached hydrogen (secondary N) is 2. The topological polar surface area (TPSA) is 64.7 Å². The molecule has 3 amide bonds. The molecule has 6 heteroatoms. The summed E-state index contributed by atoms with van der Waals surface area (Å²) >= 11 is 0. The number of amides is 3. The van der Waals surface area contributed by atoms with Gasteiger partial charge in [-0.25, -0.2) is 4.79 Å². The molecule has 1 aliphatic heterocycles. The molecule has 6 nitrogen and oxygen atoms in total. The van der Waals surface area contributed by atoms with E-state index in [-0.39, 0.29) is 11.9 Å². The number of anilines is 3. The van der Waals surface area contributed by atoms with Crippen molar-refractivity contribution in [1.29, 1.82) is 0 Å². The zero-order valence-corrected chi connectivity index (χ0v) is 15.9. The summed E-state index contributed by atoms with van der Waals surface area (Å²) in [5.41, 5.74) is 3.91. The number of hydrogen-bond acceptors (Lipinski definition) is 3. The van der Waals surface area contributed by atoms with Crippen LogP contribution in [0.25, 0.3) is 0 Å². The fourth-order valence-corrected chi connectivity index (χ4v) is 3.18. The summed E-state index contributed by atoms with van der Waals surface area (Å²) < 4.78 is 0. The molecule has 142 valence electrons. The van der Waals surface area contributed by atoms with Gasteiger partial charge in [-0.3, -0.25) is 4.79 Å². The number of carbonyl (C=O) groups excluding carboxylic acids is 2. The molecule has 1 saturated heterocycles. The van der Waals surface area contributed by atoms with Crippen molar-refractivity contribution in [3.63, 3.8) is 0 Å². The normalized spacial score (nSPS) is 14.0. The maximum absolute atomic E-state index is 12.5. The number of carbonyl (C=O) groups is 2. The molecule has 0 bridgehead atoms. The third-order valence-corrected chi connectivity index (χ3v) is 4.71. The van der Waals surface area contributed by atoms with Crippen LogP contribution in [-0.2, 0) is 11.2 Å². The second-order valence-corrected chi connectivity index (χ2v) is 6.69. The number of nitrogens with zero attached hydrogens (tertiary/aromatic N) is 2. The van der Waals surface area contributed by atoms with Crippen molar-refractivity contribution in [3.05, 3.63) is 54.1 Å². The Bertz CT molecular complexity index is 796. The van der Waals surface area contributed by atoms with Crippen LogP contribution in [-0.4, -0.2) is 43.0 Å². The van der Waals surface area contributed by atoms with Gasteiger partial charge in [0.25, 0.3) is 0 Å². The molecule has 1 heterocycles. The van der Waals surface area contributed by atoms with Gasteiger partial charge >= 0.3 is 6.03 Å². The van der Waals surface area contributed by atoms with Gasteiger partial charge in [-0.05, 0) is 42.3 Å². The Morgan fingerprint density at radius 2 is 1.63 bits per heavy atom. The number of hydrogen-bond donors (Lipinski definition) is 2. The van der Waals surface area contributed by atoms with Gasteiger partial charge in [-0.1, -0.05) is 25.1 Å². The third kappa shape index (κ3) is 5.00. The summed E-state index contributed by atoms with van der Waals surface area (Å²) in [7, 11) is 0. The van der Waals surface area contributed by atoms with Crippen LogP contribution < -0.4 is 15.5 Å². The van der Waals surface area contributed by atoms with Crippen LogP contribution in [0.4, 0.5) is 21.9 Å². The second kappa shape index (κ2) is 8.58. The molecule has 27 heavy (non-hydrogen) atoms. The highest BCUT2D eigenvalue weighted by atomic mass is 16.2. The Labute approximate surface area is 160 Å². The largest absolute Gasteiger partial charge is 0.368 e. The molecule has 0 saturated carbocycles. The van der Waals surface area contributed by atoms with Crippen molar-refractivity contribution in [2.75, 3.05) is 41.7 Å². The summed E-state index contributed by atoms with van der Waals surface area (Å²) in [5.74, 6) is -0.0828. The molecule has 0 aromatic heterocycles. The van der Waals surface area contributed by atoms with Gasteiger partial charge in [-0.15, -0.1) is 0 Å². The third-order valence-electron chi connectivity index (χ3n) is 4.71. The van der Waals surface area contributed by atoms with E-state index >= 15 is 0 Å². The lowest BCUT2D eigenvalue weighted by molar-refractivity contribution is -0.114. The van der Waals surface area contributed by atoms with E-state index in [1.54, 1.807) is 0 Å². The monoisotopic (exact) mass is 366 g/mol. The van der Waals surface area contributed by atoms with E-state index in [1.165, 1.54) is 12.5 Å². The van der Waals surface area contributed by atoms with Crippen LogP contribution in [0.15, 0.2) is 48.5 Å². The predicted molar refractivity (Wildman–Crippen MR) is 109 cm³/mol. The van der Waals surface area contributed by atoms with Gasteiger partial charge < -0.3 is 20.4 Å². The fraction of sp³-hybridized carbons (Fsp3) is 0.333. The second-order valence-electron chi connectivity index (χ2n) is 6.69. The SMILES string of the molecule is CCc1ccc(NC(=O)N2CCN(c3cccc(NC(C)=O)c3)CC2)cc1. The summed E-state index contributed by atoms with van der Waals surface area (Å²) in [5, 5.41) is 5.78. The molecule has 0 spiro atoms. The summed E-state index contributed by atoms with van der Waals surface area (Å²) in [6, 6.07) is 15.7. The lowest BCUT2D eigenvalue weighted by atomic mass is 10.1. The van der Waals surface area contributed by atoms with Crippen molar-refractivity contribution in [2.24, 2.45) is 0 Å². The Morgan fingerprint density at radius 1 is 0.926 bits per heavy atom. The maximum Gasteiger partial charge on any atom is 0.321 e. The lowest BCUT2D eigenvalue weighted by Gasteiger charge is -2.36. The van der Waals surface area contributed by atoms with Crippen molar-refractivity contribution in [2.45, 2.75) is 20.3 Å². The summed E-state index contributed by atoms with van der Waals surface area (Å²) in [4.78, 5) is 27.8. The highest BCUT2D eigenvalue weighted by Crippen LogP contribution is 2.21. The van der Waals surface area contributed by atoms with E-state index < -0.39 is 0 Å². The van der Waals surface area contributed by atoms with E-state index in [2.05, 4.69) is 22.5 Å². The molecule has 1 fully saturated rings. The van der Waals surface area contributed by atoms with Crippen LogP contribution in [0.5, 0.6) is 0 Å². The van der Waals surface area contributed by atoms with Gasteiger partial charge in [0, 0.05) is 50.2 Å². The van der Waals surface area contributed by atoms with Crippen molar-refractivity contribution in [3.8, 4) is 0 Å². The first kappa shape index (κ1) is 18.8. The van der Waals surface area contributed by atoms with Crippen LogP contribution in [0.2, 0.25) is 0 Å². The first-order valence-corrected chi connectivity index (χ1v) is 9.32. The molecule has 0 radical (unpaired) electrons. The van der Waals surface area contributed by atoms with Gasteiger partial charge in [0.05, 0.1) is 0 Å². The fourth-order valence-electron chi connectivity index (χ4n) is 3.18. The molecule has 0 unspecified atom stereocenters. The molecule has 0 aliphatic carbocycles. The highest BCUT2D eigenvalue weighted by molar-refractivity contribution is 5.90. The van der Waals surface area contributed by atoms with Crippen LogP contribution in [0.1, 0.15) is 19.4 Å². The Kier molecular flexibility index (Phi) is 5.96. The molecule has 2 aromatic carbocycles. The van der Waals surface area contributed by atoms with Gasteiger partial charge in [0.1, 0.15) is 0 Å². The summed E-state index contributed by atoms with van der Waals surface area (Å²) in [6.45, 7) is 6.43. The molecular weight excluding hydrogens is 340 g/mol. The first-order chi connectivity index (χ1) is 13.0. The smallest absolute Gasteiger partial charge is 0.321 e. The number of benzene rings is 2. The van der Waals surface area contributed by atoms with Crippen molar-refractivity contribution < 1.29 is 9.59 Å². The van der Waals surface area contributed by atoms with Crippen molar-refractivity contribution >= 4 is 29.0 Å². The van der Waals surface area contributed by atoms with Crippen LogP contribution in [0.3, 0.4) is 0 Å². The first-order valence-electron chi connectivity index (χ1n) is 9.32. The average Bonchev–Trinajstić information content (AvgIpc) is 2.68. The highest BCUT2D eigenvalue weighted by Gasteiger charge is 2.21. The zero-order chi connectivity index (χ0) is 19.2. The molecular formula is C21H26N4O2. The number of aryl methyl sites for hydroxylation is 1. The standard InChI is InChI=1S/C21H26N4O2/c1-3-17-7-9-18(10-8-17)23-21(27)25-13-11-24(12-14-25)20-6-4-5-19(15-20)22-16(2)26/h4-10,15H,3,11-14H2,1-2H3,(H,22,26)(H,23,27). The van der Waals surface area contributed by atoms with E-state index in [1.807, 2.05) is 53.4 Å². The minimum atomic E-state index is -0.0828. The van der Waals surface area contributed by atoms with Crippen LogP contribution in [0, 0.1) is 0 Å². The molecule has 0 atom stereocenters. The molecule has 2 N–H and O–H groups in total. The van der Waals surface area contributed by atoms with Gasteiger partial charge in [0.15, 0.2) is 0 Å². The zero-order valence-electron chi connectivity index (χ0n) is 15.9. The summed E-state index contributed by atoms with van der Waals surface area (Å²) in [6.07, 6.45) is 0.985. The van der Waals surface area contributed by atoms with E-state index in [0.717, 1.165) is 36.6 Å². The Balaban J connectivity index is 1.55. The number of piperazine rings is 1. The Hall–Kier alpha value is -3.02. The quantitative estimate of drug-likeness (QED) is 0.870. The minimum Gasteiger partial charge on any atom is -0.368 e. The molecule has 2 aromatic rings. The number of rotatable bonds is 4. The van der Waals surface area contributed by atoms with E-state index in [4.69, 9.17) is 0 Å². The van der Waals surface area contributed by atoms with Gasteiger partial charge in [-0.2, -0.15) is 0 Å². The van der Waals surface area contributed by atoms with E-state index in [0.29, 0.717) is 13.1 Å². The molecule has 1 aliphatic rings. The maximum atomic E-state index is 12.5. The van der Waals surface area contributed by atoms with Crippen molar-refractivity contribution in [1.82, 2.24) is 4.90 Å². The average molecular weight is 366 g/mol. The predicted octanol–water partition coefficient (Wildman–Crippen LogP) is 3.56. The number of urea groups is 1.